The highest BCUT2D eigenvalue weighted by Crippen LogP contribution is 2.25. The zero-order valence-electron chi connectivity index (χ0n) is 13.7. The Morgan fingerprint density at radius 1 is 1.21 bits per heavy atom. The summed E-state index contributed by atoms with van der Waals surface area (Å²) in [4.78, 5) is 4.66. The predicted molar refractivity (Wildman–Crippen MR) is 99.2 cm³/mol. The number of hydrogen-bond acceptors (Lipinski definition) is 4. The lowest BCUT2D eigenvalue weighted by molar-refractivity contribution is 0.191. The van der Waals surface area contributed by atoms with Crippen LogP contribution in [-0.2, 0) is 4.74 Å². The number of methoxy groups -OCH3 is 1. The van der Waals surface area contributed by atoms with E-state index in [1.807, 2.05) is 18.3 Å². The minimum Gasteiger partial charge on any atom is -0.385 e. The number of unbranched alkanes of at least 4 members (excludes halogenated alkanes) is 1. The third-order valence-electron chi connectivity index (χ3n) is 3.94. The Morgan fingerprint density at radius 3 is 2.83 bits per heavy atom. The molecule has 2 heterocycles. The largest absolute Gasteiger partial charge is 0.385 e. The Hall–Kier alpha value is -1.92. The molecule has 1 aromatic carbocycles. The molecule has 0 fully saturated rings. The van der Waals surface area contributed by atoms with Gasteiger partial charge >= 0.3 is 0 Å². The molecule has 24 heavy (non-hydrogen) atoms. The molecule has 0 amide bonds. The van der Waals surface area contributed by atoms with Crippen LogP contribution < -0.4 is 5.32 Å². The van der Waals surface area contributed by atoms with Crippen molar-refractivity contribution >= 4 is 27.4 Å². The van der Waals surface area contributed by atoms with E-state index in [0.29, 0.717) is 0 Å². The number of nitrogens with zero attached hydrogens (tertiary/aromatic N) is 3. The fourth-order valence-corrected chi connectivity index (χ4v) is 3.06. The minimum atomic E-state index is 0.222. The maximum atomic E-state index is 5.15. The van der Waals surface area contributed by atoms with Crippen LogP contribution in [0.3, 0.4) is 0 Å². The Balaban J connectivity index is 1.77. The second kappa shape index (κ2) is 8.26. The Bertz CT molecular complexity index is 775. The summed E-state index contributed by atoms with van der Waals surface area (Å²) >= 11 is 3.48. The third kappa shape index (κ3) is 4.13. The summed E-state index contributed by atoms with van der Waals surface area (Å²) in [7, 11) is 1.75. The monoisotopic (exact) mass is 388 g/mol. The van der Waals surface area contributed by atoms with E-state index in [0.717, 1.165) is 41.8 Å². The Morgan fingerprint density at radius 2 is 2.04 bits per heavy atom. The van der Waals surface area contributed by atoms with Crippen molar-refractivity contribution < 1.29 is 4.74 Å². The summed E-state index contributed by atoms with van der Waals surface area (Å²) in [5.41, 5.74) is 2.08. The molecule has 1 atom stereocenters. The van der Waals surface area contributed by atoms with E-state index >= 15 is 0 Å². The molecule has 0 saturated heterocycles. The van der Waals surface area contributed by atoms with Crippen LogP contribution in [0.25, 0.3) is 5.65 Å². The molecule has 3 aromatic rings. The summed E-state index contributed by atoms with van der Waals surface area (Å²) in [6.45, 7) is 0.800. The lowest BCUT2D eigenvalue weighted by Crippen LogP contribution is -2.12. The van der Waals surface area contributed by atoms with Gasteiger partial charge in [0.15, 0.2) is 5.65 Å². The van der Waals surface area contributed by atoms with Gasteiger partial charge in [0.25, 0.3) is 0 Å². The second-order valence-corrected chi connectivity index (χ2v) is 6.52. The van der Waals surface area contributed by atoms with Crippen LogP contribution in [0.1, 0.15) is 30.9 Å². The molecule has 5 nitrogen and oxygen atoms in total. The van der Waals surface area contributed by atoms with Gasteiger partial charge in [-0.05, 0) is 46.8 Å². The van der Waals surface area contributed by atoms with Crippen molar-refractivity contribution in [3.05, 3.63) is 58.8 Å². The van der Waals surface area contributed by atoms with Gasteiger partial charge in [-0.3, -0.25) is 0 Å². The van der Waals surface area contributed by atoms with Gasteiger partial charge < -0.3 is 10.1 Å². The highest BCUT2D eigenvalue weighted by Gasteiger charge is 2.13. The molecule has 0 aliphatic carbocycles. The first kappa shape index (κ1) is 16.9. The SMILES string of the molecule is COCCCCC(Nc1ccn2ncc(Br)c2n1)c1ccccc1. The highest BCUT2D eigenvalue weighted by molar-refractivity contribution is 9.10. The molecule has 1 N–H and O–H groups in total. The van der Waals surface area contributed by atoms with Gasteiger partial charge in [0, 0.05) is 19.9 Å². The van der Waals surface area contributed by atoms with E-state index in [-0.39, 0.29) is 6.04 Å². The molecule has 0 aliphatic heterocycles. The molecule has 0 aliphatic rings. The fraction of sp³-hybridized carbons (Fsp3) is 0.333. The summed E-state index contributed by atoms with van der Waals surface area (Å²) in [6, 6.07) is 12.7. The predicted octanol–water partition coefficient (Wildman–Crippen LogP) is 4.46. The molecule has 0 bridgehead atoms. The number of ether oxygens (including phenoxy) is 1. The molecule has 0 radical (unpaired) electrons. The number of fused-ring (bicyclic) bond motifs is 1. The zero-order valence-corrected chi connectivity index (χ0v) is 15.2. The van der Waals surface area contributed by atoms with Gasteiger partial charge in [-0.2, -0.15) is 5.10 Å². The number of aromatic nitrogens is 3. The molecular formula is C18H21BrN4O. The first-order valence-corrected chi connectivity index (χ1v) is 8.87. The van der Waals surface area contributed by atoms with Crippen molar-refractivity contribution in [2.45, 2.75) is 25.3 Å². The van der Waals surface area contributed by atoms with Crippen LogP contribution in [0.2, 0.25) is 0 Å². The first-order chi connectivity index (χ1) is 11.8. The van der Waals surface area contributed by atoms with E-state index in [9.17, 15) is 0 Å². The first-order valence-electron chi connectivity index (χ1n) is 8.08. The number of benzene rings is 1. The quantitative estimate of drug-likeness (QED) is 0.578. The third-order valence-corrected chi connectivity index (χ3v) is 4.50. The van der Waals surface area contributed by atoms with E-state index < -0.39 is 0 Å². The van der Waals surface area contributed by atoms with Crippen LogP contribution >= 0.6 is 15.9 Å². The average molecular weight is 389 g/mol. The van der Waals surface area contributed by atoms with Crippen LogP contribution in [0, 0.1) is 0 Å². The normalized spacial score (nSPS) is 12.4. The van der Waals surface area contributed by atoms with E-state index in [2.05, 4.69) is 55.6 Å². The summed E-state index contributed by atoms with van der Waals surface area (Å²) in [6.07, 6.45) is 6.86. The van der Waals surface area contributed by atoms with Crippen molar-refractivity contribution in [2.24, 2.45) is 0 Å². The van der Waals surface area contributed by atoms with Crippen molar-refractivity contribution in [3.63, 3.8) is 0 Å². The van der Waals surface area contributed by atoms with Crippen molar-refractivity contribution in [2.75, 3.05) is 19.0 Å². The lowest BCUT2D eigenvalue weighted by Gasteiger charge is -2.20. The van der Waals surface area contributed by atoms with Crippen LogP contribution in [0.5, 0.6) is 0 Å². The van der Waals surface area contributed by atoms with Gasteiger partial charge in [-0.25, -0.2) is 9.50 Å². The summed E-state index contributed by atoms with van der Waals surface area (Å²) in [5, 5.41) is 7.80. The molecule has 6 heteroatoms. The fourth-order valence-electron chi connectivity index (χ4n) is 2.70. The number of hydrogen-bond donors (Lipinski definition) is 1. The van der Waals surface area contributed by atoms with Gasteiger partial charge in [0.05, 0.1) is 16.7 Å². The number of rotatable bonds is 8. The maximum Gasteiger partial charge on any atom is 0.171 e. The van der Waals surface area contributed by atoms with E-state index in [1.54, 1.807) is 17.8 Å². The molecular weight excluding hydrogens is 368 g/mol. The highest BCUT2D eigenvalue weighted by atomic mass is 79.9. The summed E-state index contributed by atoms with van der Waals surface area (Å²) < 4.78 is 7.80. The van der Waals surface area contributed by atoms with E-state index in [4.69, 9.17) is 4.74 Å². The number of halogens is 1. The van der Waals surface area contributed by atoms with Crippen LogP contribution in [-0.4, -0.2) is 28.3 Å². The molecule has 1 unspecified atom stereocenters. The molecule has 3 rings (SSSR count). The van der Waals surface area contributed by atoms with Crippen LogP contribution in [0.4, 0.5) is 5.82 Å². The molecule has 0 spiro atoms. The topological polar surface area (TPSA) is 51.5 Å². The minimum absolute atomic E-state index is 0.222. The standard InChI is InChI=1S/C18H21BrN4O/c1-24-12-6-5-9-16(14-7-3-2-4-8-14)21-17-10-11-23-18(22-17)15(19)13-20-23/h2-4,7-8,10-11,13,16H,5-6,9,12H2,1H3,(H,21,22). The van der Waals surface area contributed by atoms with Crippen LogP contribution in [0.15, 0.2) is 53.3 Å². The molecule has 126 valence electrons. The van der Waals surface area contributed by atoms with Gasteiger partial charge in [-0.1, -0.05) is 30.3 Å². The van der Waals surface area contributed by atoms with Crippen molar-refractivity contribution in [3.8, 4) is 0 Å². The van der Waals surface area contributed by atoms with Crippen molar-refractivity contribution in [1.82, 2.24) is 14.6 Å². The van der Waals surface area contributed by atoms with E-state index in [1.165, 1.54) is 5.56 Å². The van der Waals surface area contributed by atoms with Crippen molar-refractivity contribution in [1.29, 1.82) is 0 Å². The lowest BCUT2D eigenvalue weighted by atomic mass is 10.0. The molecule has 0 saturated carbocycles. The number of nitrogens with one attached hydrogen (secondary N) is 1. The zero-order chi connectivity index (χ0) is 16.8. The molecule has 2 aromatic heterocycles. The Labute approximate surface area is 150 Å². The smallest absolute Gasteiger partial charge is 0.171 e. The van der Waals surface area contributed by atoms with Gasteiger partial charge in [0.1, 0.15) is 5.82 Å². The maximum absolute atomic E-state index is 5.15. The number of anilines is 1. The summed E-state index contributed by atoms with van der Waals surface area (Å²) in [5.74, 6) is 0.851. The Kier molecular flexibility index (Phi) is 5.82. The average Bonchev–Trinajstić information content (AvgIpc) is 2.99. The van der Waals surface area contributed by atoms with Gasteiger partial charge in [0.2, 0.25) is 0 Å². The second-order valence-electron chi connectivity index (χ2n) is 5.67. The van der Waals surface area contributed by atoms with Gasteiger partial charge in [-0.15, -0.1) is 0 Å².